The molecule has 168 valence electrons. The second-order valence-electron chi connectivity index (χ2n) is 12.0. The summed E-state index contributed by atoms with van der Waals surface area (Å²) in [5.74, 6) is 3.79. The Hall–Kier alpha value is -1.22. The fourth-order valence-corrected chi connectivity index (χ4v) is 8.09. The van der Waals surface area contributed by atoms with Gasteiger partial charge in [-0.15, -0.1) is 0 Å². The van der Waals surface area contributed by atoms with Crippen molar-refractivity contribution in [3.8, 4) is 0 Å². The molecule has 0 amide bonds. The number of rotatable bonds is 5. The number of allylic oxidation sites excluding steroid dienone is 4. The van der Waals surface area contributed by atoms with E-state index in [9.17, 15) is 15.3 Å². The van der Waals surface area contributed by atoms with Crippen molar-refractivity contribution < 1.29 is 15.3 Å². The van der Waals surface area contributed by atoms with Crippen molar-refractivity contribution in [3.63, 3.8) is 0 Å². The third kappa shape index (κ3) is 3.45. The number of hydrogen-bond acceptors (Lipinski definition) is 3. The number of aliphatic hydroxyl groups is 3. The molecule has 4 aliphatic carbocycles. The highest BCUT2D eigenvalue weighted by molar-refractivity contribution is 5.45. The first kappa shape index (κ1) is 22.0. The van der Waals surface area contributed by atoms with Crippen LogP contribution in [0.15, 0.2) is 35.3 Å². The predicted octanol–water partition coefficient (Wildman–Crippen LogP) is 6.86. The van der Waals surface area contributed by atoms with E-state index in [1.54, 1.807) is 6.08 Å². The van der Waals surface area contributed by atoms with E-state index in [-0.39, 0.29) is 11.2 Å². The lowest BCUT2D eigenvalue weighted by molar-refractivity contribution is -0.0430. The Balaban J connectivity index is 1.52. The van der Waals surface area contributed by atoms with Gasteiger partial charge in [-0.25, -0.2) is 0 Å². The lowest BCUT2D eigenvalue weighted by Gasteiger charge is -2.56. The Morgan fingerprint density at radius 1 is 1.10 bits per heavy atom. The molecule has 0 spiro atoms. The van der Waals surface area contributed by atoms with Crippen LogP contribution in [0.5, 0.6) is 0 Å². The van der Waals surface area contributed by atoms with Crippen LogP contribution in [0.3, 0.4) is 0 Å². The second-order valence-corrected chi connectivity index (χ2v) is 12.0. The van der Waals surface area contributed by atoms with E-state index in [1.807, 2.05) is 19.9 Å². The van der Waals surface area contributed by atoms with E-state index in [4.69, 9.17) is 0 Å². The fourth-order valence-electron chi connectivity index (χ4n) is 8.09. The quantitative estimate of drug-likeness (QED) is 0.461. The molecule has 2 fully saturated rings. The van der Waals surface area contributed by atoms with Gasteiger partial charge in [0, 0.05) is 6.08 Å². The maximum absolute atomic E-state index is 10.9. The van der Waals surface area contributed by atoms with Gasteiger partial charge in [0.1, 0.15) is 11.5 Å². The van der Waals surface area contributed by atoms with Crippen LogP contribution in [0.2, 0.25) is 0 Å². The summed E-state index contributed by atoms with van der Waals surface area (Å²) in [5.41, 5.74) is 0.606. The summed E-state index contributed by atoms with van der Waals surface area (Å²) in [6.45, 7) is 11.0. The van der Waals surface area contributed by atoms with Gasteiger partial charge in [-0.3, -0.25) is 0 Å². The molecule has 2 saturated carbocycles. The van der Waals surface area contributed by atoms with Crippen LogP contribution in [-0.4, -0.2) is 20.9 Å². The smallest absolute Gasteiger partial charge is 0.119 e. The third-order valence-electron chi connectivity index (χ3n) is 9.72. The fraction of sp³-hybridized carbons (Fsp3) is 0.778. The molecule has 0 heterocycles. The number of fused-ring (bicyclic) bond motifs is 5. The minimum Gasteiger partial charge on any atom is -0.511 e. The van der Waals surface area contributed by atoms with Gasteiger partial charge in [0.2, 0.25) is 0 Å². The van der Waals surface area contributed by atoms with Gasteiger partial charge in [0.05, 0.1) is 11.0 Å². The maximum atomic E-state index is 10.9. The van der Waals surface area contributed by atoms with Crippen LogP contribution < -0.4 is 0 Å². The van der Waals surface area contributed by atoms with Gasteiger partial charge >= 0.3 is 0 Å². The Morgan fingerprint density at radius 3 is 2.53 bits per heavy atom. The zero-order chi connectivity index (χ0) is 21.9. The van der Waals surface area contributed by atoms with Crippen molar-refractivity contribution in [2.75, 3.05) is 0 Å². The van der Waals surface area contributed by atoms with Crippen LogP contribution in [0.25, 0.3) is 0 Å². The zero-order valence-corrected chi connectivity index (χ0v) is 19.6. The van der Waals surface area contributed by atoms with E-state index in [1.165, 1.54) is 25.7 Å². The topological polar surface area (TPSA) is 60.7 Å². The summed E-state index contributed by atoms with van der Waals surface area (Å²) >= 11 is 0. The molecule has 3 heteroatoms. The van der Waals surface area contributed by atoms with E-state index in [0.717, 1.165) is 43.1 Å². The molecule has 0 unspecified atom stereocenters. The first-order valence-corrected chi connectivity index (χ1v) is 12.2. The van der Waals surface area contributed by atoms with Crippen molar-refractivity contribution in [1.29, 1.82) is 0 Å². The molecule has 0 aliphatic heterocycles. The van der Waals surface area contributed by atoms with Crippen LogP contribution in [0, 0.1) is 40.4 Å². The normalized spacial score (nSPS) is 41.7. The van der Waals surface area contributed by atoms with Gasteiger partial charge in [0.25, 0.3) is 0 Å². The monoisotopic (exact) mass is 414 g/mol. The SMILES string of the molecule is C[C@H](CCCC(C)(C)O)[C@H]1CC[C@H]2[C@@H]3CC=C4C=C(O)C=C(O)[C@]4(C)[C@H]3CC[C@]12C. The average Bonchev–Trinajstić information content (AvgIpc) is 2.99. The molecule has 0 bridgehead atoms. The van der Waals surface area contributed by atoms with Gasteiger partial charge in [0.15, 0.2) is 0 Å². The highest BCUT2D eigenvalue weighted by Gasteiger charge is 2.59. The van der Waals surface area contributed by atoms with Gasteiger partial charge < -0.3 is 15.3 Å². The van der Waals surface area contributed by atoms with E-state index < -0.39 is 5.60 Å². The molecule has 0 aromatic heterocycles. The Bertz CT molecular complexity index is 769. The van der Waals surface area contributed by atoms with Gasteiger partial charge in [-0.1, -0.05) is 32.8 Å². The molecule has 3 N–H and O–H groups in total. The third-order valence-corrected chi connectivity index (χ3v) is 9.72. The summed E-state index contributed by atoms with van der Waals surface area (Å²) in [6.07, 6.45) is 15.0. The second kappa shape index (κ2) is 7.43. The van der Waals surface area contributed by atoms with E-state index in [2.05, 4.69) is 26.8 Å². The Kier molecular flexibility index (Phi) is 5.45. The van der Waals surface area contributed by atoms with Crippen molar-refractivity contribution in [2.24, 2.45) is 40.4 Å². The highest BCUT2D eigenvalue weighted by atomic mass is 16.3. The minimum absolute atomic E-state index is 0.177. The maximum Gasteiger partial charge on any atom is 0.119 e. The van der Waals surface area contributed by atoms with Crippen molar-refractivity contribution in [2.45, 2.75) is 91.6 Å². The molecular formula is C27H42O3. The van der Waals surface area contributed by atoms with Gasteiger partial charge in [-0.2, -0.15) is 0 Å². The Morgan fingerprint density at radius 2 is 1.83 bits per heavy atom. The minimum atomic E-state index is -0.556. The van der Waals surface area contributed by atoms with Gasteiger partial charge in [-0.05, 0) is 106 Å². The molecule has 0 radical (unpaired) electrons. The first-order valence-electron chi connectivity index (χ1n) is 12.2. The molecule has 30 heavy (non-hydrogen) atoms. The zero-order valence-electron chi connectivity index (χ0n) is 19.6. The highest BCUT2D eigenvalue weighted by Crippen LogP contribution is 2.67. The van der Waals surface area contributed by atoms with Crippen LogP contribution in [0.4, 0.5) is 0 Å². The molecule has 4 aliphatic rings. The van der Waals surface area contributed by atoms with Crippen LogP contribution in [0.1, 0.15) is 86.0 Å². The Labute approximate surface area is 183 Å². The molecule has 7 atom stereocenters. The molecule has 0 aromatic carbocycles. The van der Waals surface area contributed by atoms with Crippen molar-refractivity contribution >= 4 is 0 Å². The van der Waals surface area contributed by atoms with E-state index >= 15 is 0 Å². The first-order chi connectivity index (χ1) is 14.0. The lowest BCUT2D eigenvalue weighted by atomic mass is 9.48. The molecule has 0 aromatic rings. The largest absolute Gasteiger partial charge is 0.511 e. The summed E-state index contributed by atoms with van der Waals surface area (Å²) < 4.78 is 0. The summed E-state index contributed by atoms with van der Waals surface area (Å²) in [4.78, 5) is 0. The predicted molar refractivity (Wildman–Crippen MR) is 122 cm³/mol. The standard InChI is InChI=1S/C27H42O3/c1-17(7-6-13-25(2,3)30)21-10-11-22-20-9-8-18-15-19(28)16-24(29)27(18,5)23(20)12-14-26(21,22)4/h8,15-17,20-23,28-30H,6-7,9-14H2,1-5H3/t17-,20+,21-,22+,23+,26-,27+/m1/s1. The molecule has 0 saturated heterocycles. The van der Waals surface area contributed by atoms with E-state index in [0.29, 0.717) is 28.9 Å². The van der Waals surface area contributed by atoms with Crippen molar-refractivity contribution in [1.82, 2.24) is 0 Å². The van der Waals surface area contributed by atoms with Crippen LogP contribution in [-0.2, 0) is 0 Å². The molecular weight excluding hydrogens is 372 g/mol. The molecule has 3 nitrogen and oxygen atoms in total. The summed E-state index contributed by atoms with van der Waals surface area (Å²) in [6, 6.07) is 0. The number of aliphatic hydroxyl groups excluding tert-OH is 2. The molecule has 4 rings (SSSR count). The van der Waals surface area contributed by atoms with Crippen LogP contribution >= 0.6 is 0 Å². The summed E-state index contributed by atoms with van der Waals surface area (Å²) in [5, 5.41) is 31.0. The number of hydrogen-bond donors (Lipinski definition) is 3. The summed E-state index contributed by atoms with van der Waals surface area (Å²) in [7, 11) is 0. The average molecular weight is 415 g/mol. The lowest BCUT2D eigenvalue weighted by Crippen LogP contribution is -2.50. The van der Waals surface area contributed by atoms with Crippen molar-refractivity contribution in [3.05, 3.63) is 35.3 Å².